The Labute approximate surface area is 153 Å². The lowest BCUT2D eigenvalue weighted by Gasteiger charge is -2.33. The minimum absolute atomic E-state index is 0.00772. The van der Waals surface area contributed by atoms with Gasteiger partial charge in [-0.3, -0.25) is 4.79 Å². The van der Waals surface area contributed by atoms with E-state index < -0.39 is 0 Å². The highest BCUT2D eigenvalue weighted by Gasteiger charge is 2.34. The average Bonchev–Trinajstić information content (AvgIpc) is 3.55. The van der Waals surface area contributed by atoms with Crippen LogP contribution in [0.15, 0.2) is 29.3 Å². The van der Waals surface area contributed by atoms with Crippen molar-refractivity contribution >= 4 is 5.91 Å². The molecule has 2 aliphatic carbocycles. The average molecular weight is 355 g/mol. The van der Waals surface area contributed by atoms with Gasteiger partial charge in [0.05, 0.1) is 37.0 Å². The summed E-state index contributed by atoms with van der Waals surface area (Å²) in [4.78, 5) is 19.3. The number of ether oxygens (including phenoxy) is 1. The van der Waals surface area contributed by atoms with Gasteiger partial charge in [-0.05, 0) is 43.6 Å². The second kappa shape index (κ2) is 6.58. The topological polar surface area (TPSA) is 60.5 Å². The molecule has 3 heterocycles. The molecule has 0 spiro atoms. The Bertz CT molecular complexity index is 774. The minimum Gasteiger partial charge on any atom is -0.472 e. The van der Waals surface area contributed by atoms with Crippen molar-refractivity contribution in [1.29, 1.82) is 0 Å². The lowest BCUT2D eigenvalue weighted by Crippen LogP contribution is -2.40. The lowest BCUT2D eigenvalue weighted by molar-refractivity contribution is 0.0616. The van der Waals surface area contributed by atoms with Crippen molar-refractivity contribution in [1.82, 2.24) is 14.5 Å². The van der Waals surface area contributed by atoms with Gasteiger partial charge in [0, 0.05) is 31.3 Å². The van der Waals surface area contributed by atoms with E-state index in [0.29, 0.717) is 25.3 Å². The Balaban J connectivity index is 1.36. The molecule has 3 aliphatic rings. The number of carbonyl (C=O) groups excluding carboxylic acids is 1. The van der Waals surface area contributed by atoms with Gasteiger partial charge in [0.15, 0.2) is 0 Å². The monoisotopic (exact) mass is 355 g/mol. The summed E-state index contributed by atoms with van der Waals surface area (Å²) >= 11 is 0. The molecule has 1 aliphatic heterocycles. The van der Waals surface area contributed by atoms with Crippen LogP contribution in [0.4, 0.5) is 0 Å². The fourth-order valence-electron chi connectivity index (χ4n) is 3.86. The van der Waals surface area contributed by atoms with E-state index in [2.05, 4.69) is 9.55 Å². The summed E-state index contributed by atoms with van der Waals surface area (Å²) in [6.45, 7) is 3.80. The molecule has 1 amide bonds. The van der Waals surface area contributed by atoms with Crippen LogP contribution in [0.25, 0.3) is 0 Å². The number of carbonyl (C=O) groups is 1. The van der Waals surface area contributed by atoms with Crippen molar-refractivity contribution in [2.45, 2.75) is 44.7 Å². The summed E-state index contributed by atoms with van der Waals surface area (Å²) in [6, 6.07) is 1.72. The van der Waals surface area contributed by atoms with E-state index in [9.17, 15) is 4.79 Å². The number of hydrogen-bond donors (Lipinski definition) is 0. The van der Waals surface area contributed by atoms with Crippen LogP contribution in [0.1, 0.15) is 53.3 Å². The zero-order valence-electron chi connectivity index (χ0n) is 15.0. The molecule has 0 bridgehead atoms. The molecule has 26 heavy (non-hydrogen) atoms. The number of nitrogens with zero attached hydrogens (tertiary/aromatic N) is 3. The Morgan fingerprint density at radius 1 is 1.23 bits per heavy atom. The standard InChI is InChI=1S/C20H25N3O3/c24-20(16-5-6-25-11-16)22-8-17(12-26-10-15-3-4-15)19-18(9-22)21-13-23(19)7-14-1-2-14/h5-6,11,13-15,17H,1-4,7-10,12H2/t17-/m0/s1. The number of hydrogen-bond acceptors (Lipinski definition) is 4. The van der Waals surface area contributed by atoms with Gasteiger partial charge in [-0.2, -0.15) is 0 Å². The van der Waals surface area contributed by atoms with Crippen molar-refractivity contribution in [2.75, 3.05) is 19.8 Å². The Morgan fingerprint density at radius 2 is 2.08 bits per heavy atom. The summed E-state index contributed by atoms with van der Waals surface area (Å²) in [7, 11) is 0. The smallest absolute Gasteiger partial charge is 0.257 e. The van der Waals surface area contributed by atoms with Gasteiger partial charge in [0.25, 0.3) is 5.91 Å². The lowest BCUT2D eigenvalue weighted by atomic mass is 9.98. The van der Waals surface area contributed by atoms with Gasteiger partial charge in [-0.15, -0.1) is 0 Å². The number of amides is 1. The predicted molar refractivity (Wildman–Crippen MR) is 94.7 cm³/mol. The van der Waals surface area contributed by atoms with E-state index in [1.807, 2.05) is 11.2 Å². The first-order valence-corrected chi connectivity index (χ1v) is 9.71. The van der Waals surface area contributed by atoms with Crippen LogP contribution < -0.4 is 0 Å². The molecule has 0 radical (unpaired) electrons. The van der Waals surface area contributed by atoms with Crippen molar-refractivity contribution in [3.05, 3.63) is 41.9 Å². The zero-order valence-corrected chi connectivity index (χ0v) is 15.0. The van der Waals surface area contributed by atoms with E-state index in [-0.39, 0.29) is 11.8 Å². The maximum atomic E-state index is 12.8. The second-order valence-electron chi connectivity index (χ2n) is 8.05. The van der Waals surface area contributed by atoms with Gasteiger partial charge in [-0.25, -0.2) is 4.98 Å². The summed E-state index contributed by atoms with van der Waals surface area (Å²) in [5.74, 6) is 1.74. The van der Waals surface area contributed by atoms with Gasteiger partial charge in [0.2, 0.25) is 0 Å². The molecule has 1 atom stereocenters. The molecule has 6 heteroatoms. The highest BCUT2D eigenvalue weighted by molar-refractivity contribution is 5.94. The normalized spacial score (nSPS) is 22.5. The number of furan rings is 1. The fraction of sp³-hybridized carbons (Fsp3) is 0.600. The number of aromatic nitrogens is 2. The first-order valence-electron chi connectivity index (χ1n) is 9.71. The van der Waals surface area contributed by atoms with Crippen molar-refractivity contribution in [2.24, 2.45) is 11.8 Å². The molecule has 2 aromatic heterocycles. The Hall–Kier alpha value is -2.08. The van der Waals surface area contributed by atoms with Gasteiger partial charge in [0.1, 0.15) is 6.26 Å². The number of rotatable bonds is 7. The van der Waals surface area contributed by atoms with E-state index in [1.165, 1.54) is 37.6 Å². The number of fused-ring (bicyclic) bond motifs is 1. The third-order valence-electron chi connectivity index (χ3n) is 5.70. The van der Waals surface area contributed by atoms with Crippen LogP contribution in [-0.2, 0) is 17.8 Å². The van der Waals surface area contributed by atoms with E-state index in [4.69, 9.17) is 9.15 Å². The third kappa shape index (κ3) is 3.30. The van der Waals surface area contributed by atoms with Crippen molar-refractivity contribution in [3.8, 4) is 0 Å². The van der Waals surface area contributed by atoms with Gasteiger partial charge in [-0.1, -0.05) is 0 Å². The summed E-state index contributed by atoms with van der Waals surface area (Å²) in [5, 5.41) is 0. The van der Waals surface area contributed by atoms with Gasteiger partial charge < -0.3 is 18.6 Å². The molecule has 0 saturated heterocycles. The molecular formula is C20H25N3O3. The Morgan fingerprint density at radius 3 is 2.81 bits per heavy atom. The molecule has 0 N–H and O–H groups in total. The zero-order chi connectivity index (χ0) is 17.5. The van der Waals surface area contributed by atoms with Crippen LogP contribution >= 0.6 is 0 Å². The first-order chi connectivity index (χ1) is 12.8. The molecule has 2 saturated carbocycles. The van der Waals surface area contributed by atoms with Crippen LogP contribution in [-0.4, -0.2) is 40.1 Å². The molecule has 0 aromatic carbocycles. The van der Waals surface area contributed by atoms with E-state index in [1.54, 1.807) is 12.3 Å². The second-order valence-corrected chi connectivity index (χ2v) is 8.05. The maximum Gasteiger partial charge on any atom is 0.257 e. The fourth-order valence-corrected chi connectivity index (χ4v) is 3.86. The van der Waals surface area contributed by atoms with E-state index >= 15 is 0 Å². The first kappa shape index (κ1) is 16.1. The number of imidazole rings is 1. The summed E-state index contributed by atoms with van der Waals surface area (Å²) < 4.78 is 13.4. The molecule has 5 rings (SSSR count). The predicted octanol–water partition coefficient (Wildman–Crippen LogP) is 3.05. The molecule has 0 unspecified atom stereocenters. The van der Waals surface area contributed by atoms with Crippen LogP contribution in [0, 0.1) is 11.8 Å². The van der Waals surface area contributed by atoms with Crippen LogP contribution in [0.3, 0.4) is 0 Å². The molecular weight excluding hydrogens is 330 g/mol. The minimum atomic E-state index is 0.00772. The van der Waals surface area contributed by atoms with Crippen LogP contribution in [0.2, 0.25) is 0 Å². The SMILES string of the molecule is O=C(c1ccoc1)N1Cc2ncn(CC3CC3)c2[C@H](COCC2CC2)C1. The highest BCUT2D eigenvalue weighted by atomic mass is 16.5. The van der Waals surface area contributed by atoms with E-state index in [0.717, 1.165) is 30.7 Å². The van der Waals surface area contributed by atoms with Gasteiger partial charge >= 0.3 is 0 Å². The summed E-state index contributed by atoms with van der Waals surface area (Å²) in [5.41, 5.74) is 2.90. The van der Waals surface area contributed by atoms with Crippen LogP contribution in [0.5, 0.6) is 0 Å². The molecule has 2 aromatic rings. The third-order valence-corrected chi connectivity index (χ3v) is 5.70. The van der Waals surface area contributed by atoms with Crippen molar-refractivity contribution < 1.29 is 13.9 Å². The quantitative estimate of drug-likeness (QED) is 0.766. The van der Waals surface area contributed by atoms with Crippen molar-refractivity contribution in [3.63, 3.8) is 0 Å². The Kier molecular flexibility index (Phi) is 4.08. The molecule has 2 fully saturated rings. The summed E-state index contributed by atoms with van der Waals surface area (Å²) in [6.07, 6.45) is 10.2. The molecule has 138 valence electrons. The molecule has 6 nitrogen and oxygen atoms in total. The largest absolute Gasteiger partial charge is 0.472 e. The highest BCUT2D eigenvalue weighted by Crippen LogP contribution is 2.35. The maximum absolute atomic E-state index is 12.8.